The minimum absolute atomic E-state index is 0.305. The Balaban J connectivity index is 2.56. The van der Waals surface area contributed by atoms with Crippen molar-refractivity contribution in [1.82, 2.24) is 5.43 Å². The molecule has 1 aliphatic heterocycles. The Bertz CT molecular complexity index is 154. The van der Waals surface area contributed by atoms with Crippen LogP contribution in [0.25, 0.3) is 0 Å². The van der Waals surface area contributed by atoms with Crippen molar-refractivity contribution in [3.8, 4) is 0 Å². The van der Waals surface area contributed by atoms with E-state index in [1.165, 1.54) is 0 Å². The van der Waals surface area contributed by atoms with Gasteiger partial charge in [0.05, 0.1) is 0 Å². The van der Waals surface area contributed by atoms with E-state index in [4.69, 9.17) is 16.3 Å². The summed E-state index contributed by atoms with van der Waals surface area (Å²) in [5.41, 5.74) is 6.98. The first-order valence-electron chi connectivity index (χ1n) is 3.57. The maximum atomic E-state index is 11.1. The number of amides is 1. The lowest BCUT2D eigenvalue weighted by molar-refractivity contribution is -0.129. The van der Waals surface area contributed by atoms with Gasteiger partial charge < -0.3 is 10.5 Å². The molecule has 1 aliphatic rings. The first kappa shape index (κ1) is 8.45. The van der Waals surface area contributed by atoms with E-state index in [0.717, 1.165) is 0 Å². The predicted octanol–water partition coefficient (Wildman–Crippen LogP) is -1.52. The second-order valence-corrected chi connectivity index (χ2v) is 2.74. The fourth-order valence-electron chi connectivity index (χ4n) is 1.11. The third-order valence-corrected chi connectivity index (χ3v) is 1.97. The average molecular weight is 159 g/mol. The number of carbonyl (C=O) groups excluding carboxylic acids is 1. The van der Waals surface area contributed by atoms with Crippen LogP contribution >= 0.6 is 0 Å². The van der Waals surface area contributed by atoms with Crippen molar-refractivity contribution in [3.63, 3.8) is 0 Å². The van der Waals surface area contributed by atoms with Gasteiger partial charge in [-0.1, -0.05) is 0 Å². The number of carbonyl (C=O) groups is 1. The zero-order valence-corrected chi connectivity index (χ0v) is 6.30. The molecule has 0 aromatic rings. The molecule has 0 unspecified atom stereocenters. The molecule has 1 amide bonds. The Morgan fingerprint density at radius 1 is 1.45 bits per heavy atom. The fourth-order valence-corrected chi connectivity index (χ4v) is 1.11. The second-order valence-electron chi connectivity index (χ2n) is 2.74. The molecule has 0 spiro atoms. The van der Waals surface area contributed by atoms with Crippen molar-refractivity contribution >= 4 is 5.91 Å². The highest BCUT2D eigenvalue weighted by atomic mass is 16.5. The Labute approximate surface area is 65.0 Å². The summed E-state index contributed by atoms with van der Waals surface area (Å²) >= 11 is 0. The number of nitrogens with one attached hydrogen (secondary N) is 1. The lowest BCUT2D eigenvalue weighted by Gasteiger charge is -2.30. The van der Waals surface area contributed by atoms with Gasteiger partial charge in [-0.2, -0.15) is 0 Å². The zero-order valence-electron chi connectivity index (χ0n) is 6.30. The molecule has 64 valence electrons. The molecule has 5 N–H and O–H groups in total. The summed E-state index contributed by atoms with van der Waals surface area (Å²) in [6, 6.07) is 0. The standard InChI is InChI=1S/C6H13N3O2/c7-6(5(10)9-8)1-3-11-4-2-6/h1-4,7-8H2,(H,9,10). The third kappa shape index (κ3) is 1.68. The van der Waals surface area contributed by atoms with E-state index in [1.54, 1.807) is 0 Å². The Morgan fingerprint density at radius 2 is 2.00 bits per heavy atom. The minimum Gasteiger partial charge on any atom is -0.381 e. The van der Waals surface area contributed by atoms with E-state index >= 15 is 0 Å². The lowest BCUT2D eigenvalue weighted by atomic mass is 9.91. The number of hydrogen-bond donors (Lipinski definition) is 3. The van der Waals surface area contributed by atoms with Gasteiger partial charge >= 0.3 is 0 Å². The molecular formula is C6H13N3O2. The van der Waals surface area contributed by atoms with Gasteiger partial charge in [0.15, 0.2) is 0 Å². The number of rotatable bonds is 1. The van der Waals surface area contributed by atoms with Crippen LogP contribution in [0.5, 0.6) is 0 Å². The van der Waals surface area contributed by atoms with E-state index in [9.17, 15) is 4.79 Å². The molecule has 0 aromatic carbocycles. The number of hydrogen-bond acceptors (Lipinski definition) is 4. The van der Waals surface area contributed by atoms with E-state index < -0.39 is 5.54 Å². The molecule has 11 heavy (non-hydrogen) atoms. The van der Waals surface area contributed by atoms with Crippen LogP contribution in [0, 0.1) is 0 Å². The molecule has 0 bridgehead atoms. The van der Waals surface area contributed by atoms with Crippen LogP contribution in [0.1, 0.15) is 12.8 Å². The van der Waals surface area contributed by atoms with Gasteiger partial charge in [0.25, 0.3) is 5.91 Å². The van der Waals surface area contributed by atoms with E-state index in [1.807, 2.05) is 0 Å². The van der Waals surface area contributed by atoms with Crippen LogP contribution in [0.15, 0.2) is 0 Å². The van der Waals surface area contributed by atoms with Crippen LogP contribution in [0.2, 0.25) is 0 Å². The quantitative estimate of drug-likeness (QED) is 0.246. The summed E-state index contributed by atoms with van der Waals surface area (Å²) in [6.45, 7) is 1.06. The smallest absolute Gasteiger partial charge is 0.254 e. The number of ether oxygens (including phenoxy) is 1. The molecule has 0 aliphatic carbocycles. The Morgan fingerprint density at radius 3 is 2.45 bits per heavy atom. The normalized spacial score (nSPS) is 22.7. The fraction of sp³-hybridized carbons (Fsp3) is 0.833. The van der Waals surface area contributed by atoms with E-state index in [0.29, 0.717) is 26.1 Å². The molecule has 1 fully saturated rings. The van der Waals surface area contributed by atoms with Crippen LogP contribution in [-0.2, 0) is 9.53 Å². The van der Waals surface area contributed by atoms with Gasteiger partial charge in [0.1, 0.15) is 5.54 Å². The van der Waals surface area contributed by atoms with E-state index in [2.05, 4.69) is 5.43 Å². The van der Waals surface area contributed by atoms with Gasteiger partial charge in [-0.05, 0) is 12.8 Å². The van der Waals surface area contributed by atoms with Gasteiger partial charge in [-0.3, -0.25) is 10.2 Å². The summed E-state index contributed by atoms with van der Waals surface area (Å²) in [5, 5.41) is 0. The van der Waals surface area contributed by atoms with Crippen molar-refractivity contribution < 1.29 is 9.53 Å². The van der Waals surface area contributed by atoms with Gasteiger partial charge in [-0.25, -0.2) is 5.84 Å². The molecule has 0 atom stereocenters. The van der Waals surface area contributed by atoms with Crippen LogP contribution < -0.4 is 17.0 Å². The minimum atomic E-state index is -0.812. The highest BCUT2D eigenvalue weighted by Gasteiger charge is 2.35. The maximum Gasteiger partial charge on any atom is 0.254 e. The highest BCUT2D eigenvalue weighted by molar-refractivity contribution is 5.85. The van der Waals surface area contributed by atoms with Crippen molar-refractivity contribution in [3.05, 3.63) is 0 Å². The summed E-state index contributed by atoms with van der Waals surface area (Å²) in [5.74, 6) is 4.66. The molecule has 5 heteroatoms. The zero-order chi connectivity index (χ0) is 8.32. The molecule has 0 radical (unpaired) electrons. The first-order chi connectivity index (χ1) is 5.19. The predicted molar refractivity (Wildman–Crippen MR) is 39.3 cm³/mol. The summed E-state index contributed by atoms with van der Waals surface area (Å²) in [4.78, 5) is 11.1. The Hall–Kier alpha value is -0.650. The molecular weight excluding hydrogens is 146 g/mol. The van der Waals surface area contributed by atoms with Crippen molar-refractivity contribution in [2.75, 3.05) is 13.2 Å². The number of nitrogens with two attached hydrogens (primary N) is 2. The summed E-state index contributed by atoms with van der Waals surface area (Å²) < 4.78 is 5.06. The summed E-state index contributed by atoms with van der Waals surface area (Å²) in [7, 11) is 0. The molecule has 0 saturated carbocycles. The maximum absolute atomic E-state index is 11.1. The van der Waals surface area contributed by atoms with Gasteiger partial charge in [0.2, 0.25) is 0 Å². The highest BCUT2D eigenvalue weighted by Crippen LogP contribution is 2.16. The molecule has 1 rings (SSSR count). The molecule has 0 aromatic heterocycles. The van der Waals surface area contributed by atoms with Gasteiger partial charge in [-0.15, -0.1) is 0 Å². The van der Waals surface area contributed by atoms with Gasteiger partial charge in [0, 0.05) is 13.2 Å². The topological polar surface area (TPSA) is 90.4 Å². The Kier molecular flexibility index (Phi) is 2.43. The van der Waals surface area contributed by atoms with Crippen molar-refractivity contribution in [2.45, 2.75) is 18.4 Å². The summed E-state index contributed by atoms with van der Waals surface area (Å²) in [6.07, 6.45) is 1.08. The number of hydrazine groups is 1. The van der Waals surface area contributed by atoms with Crippen molar-refractivity contribution in [2.24, 2.45) is 11.6 Å². The van der Waals surface area contributed by atoms with Crippen LogP contribution in [-0.4, -0.2) is 24.7 Å². The second kappa shape index (κ2) is 3.17. The molecule has 1 heterocycles. The average Bonchev–Trinajstić information content (AvgIpc) is 2.04. The molecule has 1 saturated heterocycles. The lowest BCUT2D eigenvalue weighted by Crippen LogP contribution is -2.58. The van der Waals surface area contributed by atoms with Crippen molar-refractivity contribution in [1.29, 1.82) is 0 Å². The first-order valence-corrected chi connectivity index (χ1v) is 3.57. The van der Waals surface area contributed by atoms with Crippen LogP contribution in [0.3, 0.4) is 0 Å². The third-order valence-electron chi connectivity index (χ3n) is 1.97. The van der Waals surface area contributed by atoms with Crippen LogP contribution in [0.4, 0.5) is 0 Å². The van der Waals surface area contributed by atoms with E-state index in [-0.39, 0.29) is 5.91 Å². The SMILES string of the molecule is NNC(=O)C1(N)CCOCC1. The molecule has 5 nitrogen and oxygen atoms in total. The largest absolute Gasteiger partial charge is 0.381 e. The monoisotopic (exact) mass is 159 g/mol.